The maximum Gasteiger partial charge on any atom is 0.223 e. The number of benzene rings is 1. The quantitative estimate of drug-likeness (QED) is 0.626. The number of nitrogens with two attached hydrogens (primary N) is 1. The zero-order valence-corrected chi connectivity index (χ0v) is 15.4. The van der Waals surface area contributed by atoms with Gasteiger partial charge in [-0.3, -0.25) is 9.59 Å². The first kappa shape index (κ1) is 20.4. The average molecular weight is 364 g/mol. The molecule has 0 heterocycles. The Labute approximate surface area is 154 Å². The first-order valence-electron chi connectivity index (χ1n) is 9.42. The molecule has 26 heavy (non-hydrogen) atoms. The molecular formula is C20H29FN2O3. The number of hydrogen-bond acceptors (Lipinski definition) is 4. The number of carbonyl (C=O) groups excluding carboxylic acids is 2. The number of halogens is 1. The summed E-state index contributed by atoms with van der Waals surface area (Å²) in [5.74, 6) is -0.322. The number of unbranched alkanes of at least 4 members (excludes halogenated alkanes) is 1. The molecule has 0 saturated heterocycles. The van der Waals surface area contributed by atoms with Crippen molar-refractivity contribution >= 4 is 11.7 Å². The minimum Gasteiger partial charge on any atom is -0.486 e. The third-order valence-corrected chi connectivity index (χ3v) is 4.77. The molecule has 0 radical (unpaired) electrons. The lowest BCUT2D eigenvalue weighted by atomic mass is 10.0. The molecule has 2 rings (SSSR count). The van der Waals surface area contributed by atoms with Crippen LogP contribution in [0.1, 0.15) is 50.5 Å². The highest BCUT2D eigenvalue weighted by atomic mass is 19.1. The van der Waals surface area contributed by atoms with E-state index in [2.05, 4.69) is 5.32 Å². The van der Waals surface area contributed by atoms with Crippen molar-refractivity contribution < 1.29 is 18.7 Å². The highest BCUT2D eigenvalue weighted by Gasteiger charge is 2.27. The predicted molar refractivity (Wildman–Crippen MR) is 98.4 cm³/mol. The molecule has 0 bridgehead atoms. The monoisotopic (exact) mass is 364 g/mol. The Bertz CT molecular complexity index is 595. The van der Waals surface area contributed by atoms with E-state index in [1.54, 1.807) is 13.0 Å². The Kier molecular flexibility index (Phi) is 8.04. The van der Waals surface area contributed by atoms with Gasteiger partial charge in [-0.2, -0.15) is 0 Å². The fourth-order valence-electron chi connectivity index (χ4n) is 3.33. The second-order valence-corrected chi connectivity index (χ2v) is 7.05. The summed E-state index contributed by atoms with van der Waals surface area (Å²) >= 11 is 0. The van der Waals surface area contributed by atoms with Gasteiger partial charge in [-0.05, 0) is 63.3 Å². The number of hydrogen-bond donors (Lipinski definition) is 2. The molecule has 1 aromatic carbocycles. The van der Waals surface area contributed by atoms with Crippen molar-refractivity contribution in [1.82, 2.24) is 5.32 Å². The van der Waals surface area contributed by atoms with Crippen molar-refractivity contribution in [2.75, 3.05) is 13.2 Å². The van der Waals surface area contributed by atoms with E-state index >= 15 is 0 Å². The molecule has 1 fully saturated rings. The first-order valence-corrected chi connectivity index (χ1v) is 9.42. The second kappa shape index (κ2) is 10.3. The van der Waals surface area contributed by atoms with Gasteiger partial charge in [0, 0.05) is 12.0 Å². The van der Waals surface area contributed by atoms with Crippen molar-refractivity contribution in [2.45, 2.75) is 57.9 Å². The zero-order valence-electron chi connectivity index (χ0n) is 15.4. The SMILES string of the molecule is Cc1cc(F)cc(OCC(=O)[C@H](CCCCN)NC(=O)C2CCCC2)c1. The fraction of sp³-hybridized carbons (Fsp3) is 0.600. The van der Waals surface area contributed by atoms with E-state index in [1.807, 2.05) is 0 Å². The molecule has 0 aromatic heterocycles. The molecule has 5 nitrogen and oxygen atoms in total. The van der Waals surface area contributed by atoms with Crippen molar-refractivity contribution in [2.24, 2.45) is 11.7 Å². The van der Waals surface area contributed by atoms with Crippen molar-refractivity contribution in [3.05, 3.63) is 29.6 Å². The molecule has 3 N–H and O–H groups in total. The van der Waals surface area contributed by atoms with E-state index in [0.29, 0.717) is 18.7 Å². The van der Waals surface area contributed by atoms with Gasteiger partial charge in [0.25, 0.3) is 0 Å². The molecular weight excluding hydrogens is 335 g/mol. The van der Waals surface area contributed by atoms with Gasteiger partial charge < -0.3 is 15.8 Å². The van der Waals surface area contributed by atoms with Crippen LogP contribution in [-0.4, -0.2) is 30.9 Å². The van der Waals surface area contributed by atoms with Gasteiger partial charge in [0.05, 0.1) is 6.04 Å². The minimum absolute atomic E-state index is 0.00611. The van der Waals surface area contributed by atoms with Gasteiger partial charge in [0.1, 0.15) is 18.2 Å². The summed E-state index contributed by atoms with van der Waals surface area (Å²) in [5.41, 5.74) is 6.25. The van der Waals surface area contributed by atoms with Crippen LogP contribution in [0.25, 0.3) is 0 Å². The summed E-state index contributed by atoms with van der Waals surface area (Å²) in [5, 5.41) is 2.89. The highest BCUT2D eigenvalue weighted by Crippen LogP contribution is 2.25. The molecule has 1 amide bonds. The van der Waals surface area contributed by atoms with E-state index in [4.69, 9.17) is 10.5 Å². The summed E-state index contributed by atoms with van der Waals surface area (Å²) in [4.78, 5) is 24.9. The number of aryl methyl sites for hydroxylation is 1. The van der Waals surface area contributed by atoms with Gasteiger partial charge in [0.2, 0.25) is 5.91 Å². The van der Waals surface area contributed by atoms with E-state index in [9.17, 15) is 14.0 Å². The second-order valence-electron chi connectivity index (χ2n) is 7.05. The third kappa shape index (κ3) is 6.41. The predicted octanol–water partition coefficient (Wildman–Crippen LogP) is 2.89. The molecule has 1 aliphatic rings. The summed E-state index contributed by atoms with van der Waals surface area (Å²) in [6.45, 7) is 2.12. The van der Waals surface area contributed by atoms with E-state index in [-0.39, 0.29) is 24.2 Å². The Morgan fingerprint density at radius 2 is 2.00 bits per heavy atom. The molecule has 1 saturated carbocycles. The largest absolute Gasteiger partial charge is 0.486 e. The van der Waals surface area contributed by atoms with Gasteiger partial charge in [-0.1, -0.05) is 12.8 Å². The molecule has 0 unspecified atom stereocenters. The summed E-state index contributed by atoms with van der Waals surface area (Å²) < 4.78 is 18.9. The Morgan fingerprint density at radius 1 is 1.27 bits per heavy atom. The molecule has 144 valence electrons. The first-order chi connectivity index (χ1) is 12.5. The van der Waals surface area contributed by atoms with Crippen molar-refractivity contribution in [1.29, 1.82) is 0 Å². The lowest BCUT2D eigenvalue weighted by Crippen LogP contribution is -2.45. The van der Waals surface area contributed by atoms with Crippen molar-refractivity contribution in [3.8, 4) is 5.75 Å². The van der Waals surface area contributed by atoms with Crippen molar-refractivity contribution in [3.63, 3.8) is 0 Å². The number of nitrogens with one attached hydrogen (secondary N) is 1. The topological polar surface area (TPSA) is 81.4 Å². The maximum absolute atomic E-state index is 13.4. The van der Waals surface area contributed by atoms with Gasteiger partial charge in [-0.25, -0.2) is 4.39 Å². The zero-order chi connectivity index (χ0) is 18.9. The van der Waals surface area contributed by atoms with Gasteiger partial charge >= 0.3 is 0 Å². The number of ketones is 1. The molecule has 1 atom stereocenters. The fourth-order valence-corrected chi connectivity index (χ4v) is 3.33. The van der Waals surface area contributed by atoms with Gasteiger partial charge in [0.15, 0.2) is 5.78 Å². The molecule has 1 aromatic rings. The Balaban J connectivity index is 1.93. The molecule has 0 aliphatic heterocycles. The number of carbonyl (C=O) groups is 2. The van der Waals surface area contributed by atoms with Crippen LogP contribution in [0.2, 0.25) is 0 Å². The molecule has 0 spiro atoms. The number of ether oxygens (including phenoxy) is 1. The van der Waals surface area contributed by atoms with Crippen LogP contribution in [0.15, 0.2) is 18.2 Å². The minimum atomic E-state index is -0.579. The maximum atomic E-state index is 13.4. The van der Waals surface area contributed by atoms with Crippen LogP contribution >= 0.6 is 0 Å². The van der Waals surface area contributed by atoms with E-state index in [1.165, 1.54) is 12.1 Å². The standard InChI is InChI=1S/C20H29FN2O3/c1-14-10-16(21)12-17(11-14)26-13-19(24)18(8-4-5-9-22)23-20(25)15-6-2-3-7-15/h10-12,15,18H,2-9,13,22H2,1H3,(H,23,25)/t18-/m0/s1. The Morgan fingerprint density at radius 3 is 2.65 bits per heavy atom. The summed E-state index contributed by atoms with van der Waals surface area (Å²) in [6, 6.07) is 3.74. The van der Waals surface area contributed by atoms with Crippen LogP contribution in [0.4, 0.5) is 4.39 Å². The van der Waals surface area contributed by atoms with Crippen LogP contribution < -0.4 is 15.8 Å². The number of rotatable bonds is 10. The highest BCUT2D eigenvalue weighted by molar-refractivity contribution is 5.90. The molecule has 1 aliphatic carbocycles. The normalized spacial score (nSPS) is 15.7. The van der Waals surface area contributed by atoms with Crippen LogP contribution in [0.5, 0.6) is 5.75 Å². The third-order valence-electron chi connectivity index (χ3n) is 4.77. The summed E-state index contributed by atoms with van der Waals surface area (Å²) in [6.07, 6.45) is 5.99. The number of amides is 1. The summed E-state index contributed by atoms with van der Waals surface area (Å²) in [7, 11) is 0. The lowest BCUT2D eigenvalue weighted by molar-refractivity contribution is -0.131. The van der Waals surface area contributed by atoms with E-state index in [0.717, 1.165) is 44.1 Å². The van der Waals surface area contributed by atoms with Crippen LogP contribution in [0, 0.1) is 18.7 Å². The Hall–Kier alpha value is -1.95. The van der Waals surface area contributed by atoms with Crippen LogP contribution in [-0.2, 0) is 9.59 Å². The molecule has 6 heteroatoms. The van der Waals surface area contributed by atoms with E-state index < -0.39 is 11.9 Å². The number of Topliss-reactive ketones (excluding diaryl/α,β-unsaturated/α-hetero) is 1. The lowest BCUT2D eigenvalue weighted by Gasteiger charge is -2.20. The average Bonchev–Trinajstić information content (AvgIpc) is 3.13. The van der Waals surface area contributed by atoms with Crippen LogP contribution in [0.3, 0.4) is 0 Å². The smallest absolute Gasteiger partial charge is 0.223 e. The van der Waals surface area contributed by atoms with Gasteiger partial charge in [-0.15, -0.1) is 0 Å².